The molecule has 0 aliphatic heterocycles. The number of rotatable bonds is 8. The van der Waals surface area contributed by atoms with Gasteiger partial charge in [-0.1, -0.05) is 37.5 Å². The Balaban J connectivity index is 2.41. The lowest BCUT2D eigenvalue weighted by molar-refractivity contribution is -0.142. The summed E-state index contributed by atoms with van der Waals surface area (Å²) in [5, 5.41) is 11.9. The number of carboxylic acid groups (broad SMARTS) is 1. The number of amides is 1. The van der Waals surface area contributed by atoms with E-state index in [0.717, 1.165) is 24.1 Å². The van der Waals surface area contributed by atoms with Crippen molar-refractivity contribution < 1.29 is 14.7 Å². The fraction of sp³-hybridized carbons (Fsp3) is 0.500. The molecule has 1 rings (SSSR count). The highest BCUT2D eigenvalue weighted by Gasteiger charge is 2.18. The van der Waals surface area contributed by atoms with Crippen molar-refractivity contribution >= 4 is 17.6 Å². The number of unbranched alkanes of at least 4 members (excludes halogenated alkanes) is 1. The number of carboxylic acids is 1. The predicted octanol–water partition coefficient (Wildman–Crippen LogP) is 3.60. The lowest BCUT2D eigenvalue weighted by atomic mass is 9.97. The molecule has 110 valence electrons. The standard InChI is InChI=1S/C16H23NO3/c1-3-4-5-13(16(19)20)8-11-15(18)17-14-9-6-12(2)7-10-14/h6-7,9-10,13H,3-5,8,11H2,1-2H3,(H,17,18)(H,19,20). The Bertz CT molecular complexity index is 440. The highest BCUT2D eigenvalue weighted by molar-refractivity contribution is 5.90. The summed E-state index contributed by atoms with van der Waals surface area (Å²) in [5.41, 5.74) is 1.88. The molecule has 2 N–H and O–H groups in total. The van der Waals surface area contributed by atoms with Gasteiger partial charge in [-0.25, -0.2) is 0 Å². The van der Waals surface area contributed by atoms with Crippen molar-refractivity contribution in [1.29, 1.82) is 0 Å². The monoisotopic (exact) mass is 277 g/mol. The number of hydrogen-bond donors (Lipinski definition) is 2. The number of carbonyl (C=O) groups excluding carboxylic acids is 1. The summed E-state index contributed by atoms with van der Waals surface area (Å²) in [6.45, 7) is 4.01. The van der Waals surface area contributed by atoms with Crippen LogP contribution in [0.2, 0.25) is 0 Å². The first-order valence-corrected chi connectivity index (χ1v) is 7.12. The van der Waals surface area contributed by atoms with Gasteiger partial charge < -0.3 is 10.4 Å². The molecule has 0 saturated carbocycles. The summed E-state index contributed by atoms with van der Waals surface area (Å²) >= 11 is 0. The third-order valence-electron chi connectivity index (χ3n) is 3.31. The van der Waals surface area contributed by atoms with Crippen molar-refractivity contribution in [2.75, 3.05) is 5.32 Å². The van der Waals surface area contributed by atoms with Gasteiger partial charge in [-0.2, -0.15) is 0 Å². The quantitative estimate of drug-likeness (QED) is 0.763. The van der Waals surface area contributed by atoms with E-state index in [-0.39, 0.29) is 12.3 Å². The van der Waals surface area contributed by atoms with Crippen LogP contribution in [-0.2, 0) is 9.59 Å². The van der Waals surface area contributed by atoms with E-state index in [0.29, 0.717) is 12.8 Å². The largest absolute Gasteiger partial charge is 0.481 e. The van der Waals surface area contributed by atoms with Crippen molar-refractivity contribution in [2.45, 2.75) is 46.0 Å². The van der Waals surface area contributed by atoms with Gasteiger partial charge in [-0.3, -0.25) is 9.59 Å². The van der Waals surface area contributed by atoms with Gasteiger partial charge in [0.25, 0.3) is 0 Å². The number of aliphatic carboxylic acids is 1. The van der Waals surface area contributed by atoms with E-state index in [9.17, 15) is 9.59 Å². The zero-order valence-corrected chi connectivity index (χ0v) is 12.2. The zero-order chi connectivity index (χ0) is 15.0. The molecule has 0 radical (unpaired) electrons. The lowest BCUT2D eigenvalue weighted by Gasteiger charge is -2.11. The van der Waals surface area contributed by atoms with Gasteiger partial charge >= 0.3 is 5.97 Å². The molecule has 0 spiro atoms. The van der Waals surface area contributed by atoms with E-state index in [1.54, 1.807) is 0 Å². The molecule has 0 saturated heterocycles. The van der Waals surface area contributed by atoms with Crippen molar-refractivity contribution in [2.24, 2.45) is 5.92 Å². The SMILES string of the molecule is CCCCC(CCC(=O)Nc1ccc(C)cc1)C(=O)O. The molecule has 4 heteroatoms. The first-order valence-electron chi connectivity index (χ1n) is 7.12. The third-order valence-corrected chi connectivity index (χ3v) is 3.31. The fourth-order valence-corrected chi connectivity index (χ4v) is 2.01. The van der Waals surface area contributed by atoms with Crippen LogP contribution in [0, 0.1) is 12.8 Å². The molecule has 1 aromatic carbocycles. The molecule has 1 unspecified atom stereocenters. The average molecular weight is 277 g/mol. The molecule has 0 fully saturated rings. The Labute approximate surface area is 120 Å². The Kier molecular flexibility index (Phi) is 6.77. The average Bonchev–Trinajstić information content (AvgIpc) is 2.41. The molecular weight excluding hydrogens is 254 g/mol. The number of anilines is 1. The first kappa shape index (κ1) is 16.2. The highest BCUT2D eigenvalue weighted by Crippen LogP contribution is 2.16. The topological polar surface area (TPSA) is 66.4 Å². The maximum Gasteiger partial charge on any atom is 0.306 e. The minimum atomic E-state index is -0.804. The Morgan fingerprint density at radius 2 is 1.85 bits per heavy atom. The fourth-order valence-electron chi connectivity index (χ4n) is 2.01. The van der Waals surface area contributed by atoms with Crippen LogP contribution in [0.4, 0.5) is 5.69 Å². The molecule has 0 bridgehead atoms. The van der Waals surface area contributed by atoms with Gasteiger partial charge in [0.1, 0.15) is 0 Å². The maximum absolute atomic E-state index is 11.8. The summed E-state index contributed by atoms with van der Waals surface area (Å²) in [5.74, 6) is -1.35. The molecule has 1 atom stereocenters. The second-order valence-electron chi connectivity index (χ2n) is 5.13. The summed E-state index contributed by atoms with van der Waals surface area (Å²) < 4.78 is 0. The van der Waals surface area contributed by atoms with Gasteiger partial charge in [0.15, 0.2) is 0 Å². The van der Waals surface area contributed by atoms with Crippen molar-refractivity contribution in [3.8, 4) is 0 Å². The summed E-state index contributed by atoms with van der Waals surface area (Å²) in [4.78, 5) is 22.9. The molecule has 0 aliphatic carbocycles. The first-order chi connectivity index (χ1) is 9.52. The second kappa shape index (κ2) is 8.35. The van der Waals surface area contributed by atoms with Crippen LogP contribution < -0.4 is 5.32 Å². The van der Waals surface area contributed by atoms with Crippen LogP contribution in [0.5, 0.6) is 0 Å². The predicted molar refractivity (Wildman–Crippen MR) is 79.7 cm³/mol. The second-order valence-corrected chi connectivity index (χ2v) is 5.13. The van der Waals surface area contributed by atoms with Gasteiger partial charge in [0.05, 0.1) is 5.92 Å². The van der Waals surface area contributed by atoms with Crippen LogP contribution >= 0.6 is 0 Å². The number of benzene rings is 1. The minimum absolute atomic E-state index is 0.128. The Hall–Kier alpha value is -1.84. The molecular formula is C16H23NO3. The van der Waals surface area contributed by atoms with Crippen LogP contribution in [-0.4, -0.2) is 17.0 Å². The van der Waals surface area contributed by atoms with E-state index in [4.69, 9.17) is 5.11 Å². The molecule has 0 aromatic heterocycles. The molecule has 20 heavy (non-hydrogen) atoms. The normalized spacial score (nSPS) is 11.9. The third kappa shape index (κ3) is 5.87. The Morgan fingerprint density at radius 1 is 1.20 bits per heavy atom. The molecule has 1 amide bonds. The van der Waals surface area contributed by atoms with Crippen LogP contribution in [0.25, 0.3) is 0 Å². The van der Waals surface area contributed by atoms with E-state index in [1.807, 2.05) is 38.1 Å². The van der Waals surface area contributed by atoms with E-state index in [2.05, 4.69) is 5.32 Å². The molecule has 0 heterocycles. The van der Waals surface area contributed by atoms with Crippen molar-refractivity contribution in [3.63, 3.8) is 0 Å². The maximum atomic E-state index is 11.8. The van der Waals surface area contributed by atoms with E-state index < -0.39 is 11.9 Å². The van der Waals surface area contributed by atoms with Gasteiger partial charge in [-0.05, 0) is 31.9 Å². The summed E-state index contributed by atoms with van der Waals surface area (Å²) in [6, 6.07) is 7.55. The van der Waals surface area contributed by atoms with Gasteiger partial charge in [0, 0.05) is 12.1 Å². The van der Waals surface area contributed by atoms with Crippen LogP contribution in [0.1, 0.15) is 44.6 Å². The van der Waals surface area contributed by atoms with Gasteiger partial charge in [-0.15, -0.1) is 0 Å². The number of hydrogen-bond acceptors (Lipinski definition) is 2. The van der Waals surface area contributed by atoms with Crippen LogP contribution in [0.3, 0.4) is 0 Å². The molecule has 4 nitrogen and oxygen atoms in total. The minimum Gasteiger partial charge on any atom is -0.481 e. The zero-order valence-electron chi connectivity index (χ0n) is 12.2. The van der Waals surface area contributed by atoms with E-state index >= 15 is 0 Å². The van der Waals surface area contributed by atoms with Gasteiger partial charge in [0.2, 0.25) is 5.91 Å². The Morgan fingerprint density at radius 3 is 2.40 bits per heavy atom. The number of nitrogens with one attached hydrogen (secondary N) is 1. The lowest BCUT2D eigenvalue weighted by Crippen LogP contribution is -2.18. The summed E-state index contributed by atoms with van der Waals surface area (Å²) in [6.07, 6.45) is 3.14. The highest BCUT2D eigenvalue weighted by atomic mass is 16.4. The van der Waals surface area contributed by atoms with Crippen molar-refractivity contribution in [3.05, 3.63) is 29.8 Å². The molecule has 1 aromatic rings. The summed E-state index contributed by atoms with van der Waals surface area (Å²) in [7, 11) is 0. The smallest absolute Gasteiger partial charge is 0.306 e. The van der Waals surface area contributed by atoms with Crippen molar-refractivity contribution in [1.82, 2.24) is 0 Å². The van der Waals surface area contributed by atoms with E-state index in [1.165, 1.54) is 0 Å². The molecule has 0 aliphatic rings. The number of carbonyl (C=O) groups is 2. The van der Waals surface area contributed by atoms with Crippen LogP contribution in [0.15, 0.2) is 24.3 Å². The number of aryl methyl sites for hydroxylation is 1.